The van der Waals surface area contributed by atoms with Crippen molar-refractivity contribution in [3.8, 4) is 11.6 Å². The monoisotopic (exact) mass is 298 g/mol. The fourth-order valence-corrected chi connectivity index (χ4v) is 2.48. The van der Waals surface area contributed by atoms with Crippen LogP contribution in [0, 0.1) is 0 Å². The number of ether oxygens (including phenoxy) is 2. The number of carbonyl (C=O) groups is 1. The molecule has 0 bridgehead atoms. The van der Waals surface area contributed by atoms with Gasteiger partial charge in [-0.1, -0.05) is 18.2 Å². The number of rotatable bonds is 5. The summed E-state index contributed by atoms with van der Waals surface area (Å²) in [5.41, 5.74) is 1.62. The number of hydrogen-bond acceptors (Lipinski definition) is 4. The molecule has 1 unspecified atom stereocenters. The Morgan fingerprint density at radius 3 is 3.05 bits per heavy atom. The van der Waals surface area contributed by atoms with Crippen molar-refractivity contribution in [3.05, 3.63) is 53.7 Å². The van der Waals surface area contributed by atoms with Crippen LogP contribution in [0.3, 0.4) is 0 Å². The molecule has 0 saturated carbocycles. The maximum atomic E-state index is 12.3. The van der Waals surface area contributed by atoms with E-state index in [9.17, 15) is 4.79 Å². The summed E-state index contributed by atoms with van der Waals surface area (Å²) in [6.45, 7) is 2.78. The predicted molar refractivity (Wildman–Crippen MR) is 82.3 cm³/mol. The third-order valence-corrected chi connectivity index (χ3v) is 3.50. The number of nitrogens with zero attached hydrogens (tertiary/aromatic N) is 1. The molecule has 0 spiro atoms. The molecule has 1 aromatic carbocycles. The van der Waals surface area contributed by atoms with Gasteiger partial charge in [0.25, 0.3) is 5.91 Å². The minimum Gasteiger partial charge on any atom is -0.488 e. The van der Waals surface area contributed by atoms with E-state index in [1.165, 1.54) is 5.56 Å². The fraction of sp³-hybridized carbons (Fsp3) is 0.294. The second-order valence-corrected chi connectivity index (χ2v) is 5.05. The Kier molecular flexibility index (Phi) is 4.23. The summed E-state index contributed by atoms with van der Waals surface area (Å²) in [6.07, 6.45) is 2.38. The minimum atomic E-state index is -0.198. The average molecular weight is 298 g/mol. The number of nitrogens with one attached hydrogen (secondary N) is 1. The van der Waals surface area contributed by atoms with Crippen molar-refractivity contribution in [2.75, 3.05) is 13.2 Å². The lowest BCUT2D eigenvalue weighted by Crippen LogP contribution is -2.34. The van der Waals surface area contributed by atoms with E-state index < -0.39 is 0 Å². The summed E-state index contributed by atoms with van der Waals surface area (Å²) in [6, 6.07) is 11.4. The number of pyridine rings is 1. The van der Waals surface area contributed by atoms with Crippen LogP contribution >= 0.6 is 0 Å². The van der Waals surface area contributed by atoms with Crippen molar-refractivity contribution in [1.82, 2.24) is 10.3 Å². The highest BCUT2D eigenvalue weighted by atomic mass is 16.5. The van der Waals surface area contributed by atoms with Gasteiger partial charge >= 0.3 is 0 Å². The highest BCUT2D eigenvalue weighted by Gasteiger charge is 2.23. The molecule has 0 fully saturated rings. The molecule has 114 valence electrons. The van der Waals surface area contributed by atoms with Gasteiger partial charge in [0, 0.05) is 12.6 Å². The molecule has 1 aromatic heterocycles. The highest BCUT2D eigenvalue weighted by molar-refractivity contribution is 5.96. The smallest absolute Gasteiger partial charge is 0.256 e. The standard InChI is InChI=1S/C17H18N2O3/c1-2-21-17-14(7-5-9-18-17)16(20)19-11-13-10-12-6-3-4-8-15(12)22-13/h3-9,13H,2,10-11H2,1H3,(H,19,20). The van der Waals surface area contributed by atoms with E-state index in [0.29, 0.717) is 24.6 Å². The maximum Gasteiger partial charge on any atom is 0.256 e. The number of benzene rings is 1. The molecule has 1 N–H and O–H groups in total. The summed E-state index contributed by atoms with van der Waals surface area (Å²) >= 11 is 0. The zero-order valence-electron chi connectivity index (χ0n) is 12.4. The van der Waals surface area contributed by atoms with E-state index in [1.807, 2.05) is 31.2 Å². The van der Waals surface area contributed by atoms with Crippen molar-refractivity contribution in [2.45, 2.75) is 19.4 Å². The largest absolute Gasteiger partial charge is 0.488 e. The first-order valence-electron chi connectivity index (χ1n) is 7.38. The van der Waals surface area contributed by atoms with E-state index in [4.69, 9.17) is 9.47 Å². The van der Waals surface area contributed by atoms with Crippen LogP contribution in [0.2, 0.25) is 0 Å². The van der Waals surface area contributed by atoms with Gasteiger partial charge in [-0.25, -0.2) is 4.98 Å². The van der Waals surface area contributed by atoms with Gasteiger partial charge in [0.1, 0.15) is 17.4 Å². The van der Waals surface area contributed by atoms with Gasteiger partial charge in [0.15, 0.2) is 0 Å². The molecule has 5 heteroatoms. The van der Waals surface area contributed by atoms with Crippen molar-refractivity contribution in [3.63, 3.8) is 0 Å². The van der Waals surface area contributed by atoms with Gasteiger partial charge in [0.2, 0.25) is 5.88 Å². The fourth-order valence-electron chi connectivity index (χ4n) is 2.48. The Balaban J connectivity index is 1.60. The molecule has 0 aliphatic carbocycles. The molecule has 1 aliphatic rings. The van der Waals surface area contributed by atoms with Crippen LogP contribution in [0.5, 0.6) is 11.6 Å². The molecule has 2 heterocycles. The molecule has 1 amide bonds. The minimum absolute atomic E-state index is 0.0337. The third-order valence-electron chi connectivity index (χ3n) is 3.50. The number of carbonyl (C=O) groups excluding carboxylic acids is 1. The van der Waals surface area contributed by atoms with Gasteiger partial charge in [-0.3, -0.25) is 4.79 Å². The van der Waals surface area contributed by atoms with Crippen molar-refractivity contribution < 1.29 is 14.3 Å². The average Bonchev–Trinajstić information content (AvgIpc) is 2.96. The molecule has 5 nitrogen and oxygen atoms in total. The zero-order chi connectivity index (χ0) is 15.4. The van der Waals surface area contributed by atoms with E-state index in [-0.39, 0.29) is 12.0 Å². The second-order valence-electron chi connectivity index (χ2n) is 5.05. The Bertz CT molecular complexity index is 647. The maximum absolute atomic E-state index is 12.3. The van der Waals surface area contributed by atoms with Crippen LogP contribution in [-0.4, -0.2) is 30.1 Å². The van der Waals surface area contributed by atoms with E-state index in [0.717, 1.165) is 12.2 Å². The van der Waals surface area contributed by atoms with Gasteiger partial charge in [0.05, 0.1) is 13.2 Å². The molecule has 0 radical (unpaired) electrons. The molecule has 3 rings (SSSR count). The number of aromatic nitrogens is 1. The first-order valence-corrected chi connectivity index (χ1v) is 7.38. The first kappa shape index (κ1) is 14.4. The third kappa shape index (κ3) is 3.03. The normalized spacial score (nSPS) is 15.8. The predicted octanol–water partition coefficient (Wildman–Crippen LogP) is 2.21. The number of hydrogen-bond donors (Lipinski definition) is 1. The lowest BCUT2D eigenvalue weighted by atomic mass is 10.1. The topological polar surface area (TPSA) is 60.5 Å². The van der Waals surface area contributed by atoms with Crippen molar-refractivity contribution in [1.29, 1.82) is 0 Å². The van der Waals surface area contributed by atoms with Crippen LogP contribution < -0.4 is 14.8 Å². The van der Waals surface area contributed by atoms with Crippen molar-refractivity contribution >= 4 is 5.91 Å². The first-order chi connectivity index (χ1) is 10.8. The summed E-state index contributed by atoms with van der Waals surface area (Å²) in [4.78, 5) is 16.4. The molecule has 1 atom stereocenters. The molecular weight excluding hydrogens is 280 g/mol. The van der Waals surface area contributed by atoms with Gasteiger partial charge in [-0.05, 0) is 30.7 Å². The Hall–Kier alpha value is -2.56. The number of fused-ring (bicyclic) bond motifs is 1. The van der Waals surface area contributed by atoms with Crippen LogP contribution in [0.1, 0.15) is 22.8 Å². The Labute approximate surface area is 129 Å². The van der Waals surface area contributed by atoms with Gasteiger partial charge < -0.3 is 14.8 Å². The summed E-state index contributed by atoms with van der Waals surface area (Å²) in [5, 5.41) is 2.89. The summed E-state index contributed by atoms with van der Waals surface area (Å²) in [5.74, 6) is 1.06. The van der Waals surface area contributed by atoms with Crippen molar-refractivity contribution in [2.24, 2.45) is 0 Å². The SMILES string of the molecule is CCOc1ncccc1C(=O)NCC1Cc2ccccc2O1. The van der Waals surface area contributed by atoms with Gasteiger partial charge in [-0.15, -0.1) is 0 Å². The second kappa shape index (κ2) is 6.47. The Morgan fingerprint density at radius 1 is 1.36 bits per heavy atom. The lowest BCUT2D eigenvalue weighted by Gasteiger charge is -2.13. The number of amides is 1. The van der Waals surface area contributed by atoms with Crippen LogP contribution in [-0.2, 0) is 6.42 Å². The van der Waals surface area contributed by atoms with Crippen LogP contribution in [0.15, 0.2) is 42.6 Å². The number of para-hydroxylation sites is 1. The lowest BCUT2D eigenvalue weighted by molar-refractivity contribution is 0.0929. The van der Waals surface area contributed by atoms with E-state index in [1.54, 1.807) is 18.3 Å². The Morgan fingerprint density at radius 2 is 2.23 bits per heavy atom. The van der Waals surface area contributed by atoms with Crippen LogP contribution in [0.25, 0.3) is 0 Å². The van der Waals surface area contributed by atoms with Crippen LogP contribution in [0.4, 0.5) is 0 Å². The zero-order valence-corrected chi connectivity index (χ0v) is 12.4. The van der Waals surface area contributed by atoms with E-state index >= 15 is 0 Å². The van der Waals surface area contributed by atoms with Gasteiger partial charge in [-0.2, -0.15) is 0 Å². The highest BCUT2D eigenvalue weighted by Crippen LogP contribution is 2.27. The molecule has 1 aliphatic heterocycles. The molecular formula is C17H18N2O3. The molecule has 22 heavy (non-hydrogen) atoms. The molecule has 2 aromatic rings. The van der Waals surface area contributed by atoms with E-state index in [2.05, 4.69) is 10.3 Å². The quantitative estimate of drug-likeness (QED) is 0.919. The summed E-state index contributed by atoms with van der Waals surface area (Å²) in [7, 11) is 0. The summed E-state index contributed by atoms with van der Waals surface area (Å²) < 4.78 is 11.2. The molecule has 0 saturated heterocycles.